The van der Waals surface area contributed by atoms with E-state index in [9.17, 15) is 4.79 Å². The number of benzene rings is 1. The van der Waals surface area contributed by atoms with Crippen molar-refractivity contribution >= 4 is 11.9 Å². The van der Waals surface area contributed by atoms with Crippen LogP contribution in [0.5, 0.6) is 5.75 Å². The van der Waals surface area contributed by atoms with Gasteiger partial charge in [-0.3, -0.25) is 9.69 Å². The van der Waals surface area contributed by atoms with Gasteiger partial charge in [-0.25, -0.2) is 4.99 Å². The van der Waals surface area contributed by atoms with Crippen LogP contribution in [-0.4, -0.2) is 81.1 Å². The highest BCUT2D eigenvalue weighted by Crippen LogP contribution is 2.15. The maximum absolute atomic E-state index is 11.9. The number of rotatable bonds is 10. The second-order valence-electron chi connectivity index (χ2n) is 7.20. The van der Waals surface area contributed by atoms with E-state index < -0.39 is 0 Å². The summed E-state index contributed by atoms with van der Waals surface area (Å²) in [5, 5.41) is 6.74. The zero-order chi connectivity index (χ0) is 20.2. The molecule has 2 rings (SSSR count). The number of hydrogen-bond acceptors (Lipinski definition) is 4. The first-order chi connectivity index (χ1) is 13.6. The maximum atomic E-state index is 11.9. The fraction of sp³-hybridized carbons (Fsp3) is 0.619. The summed E-state index contributed by atoms with van der Waals surface area (Å²) in [6, 6.07) is 10.3. The molecule has 28 heavy (non-hydrogen) atoms. The molecule has 1 fully saturated rings. The SMILES string of the molecule is CCN1CCCC1CNC(=NCC(=O)N(C)C)NCCCOc1ccccc1. The molecule has 0 bridgehead atoms. The Morgan fingerprint density at radius 2 is 2.07 bits per heavy atom. The van der Waals surface area contributed by atoms with E-state index in [1.807, 2.05) is 30.3 Å². The van der Waals surface area contributed by atoms with Crippen molar-refractivity contribution in [3.63, 3.8) is 0 Å². The van der Waals surface area contributed by atoms with Crippen LogP contribution in [0.2, 0.25) is 0 Å². The summed E-state index contributed by atoms with van der Waals surface area (Å²) in [4.78, 5) is 20.4. The molecule has 0 aliphatic carbocycles. The third-order valence-corrected chi connectivity index (χ3v) is 4.91. The van der Waals surface area contributed by atoms with Gasteiger partial charge in [-0.05, 0) is 44.5 Å². The quantitative estimate of drug-likeness (QED) is 0.361. The Kier molecular flexibility index (Phi) is 9.62. The number of nitrogens with zero attached hydrogens (tertiary/aromatic N) is 3. The number of likely N-dealkylation sites (N-methyl/N-ethyl adjacent to an activating group) is 2. The lowest BCUT2D eigenvalue weighted by Crippen LogP contribution is -2.45. The molecule has 1 aromatic carbocycles. The molecule has 156 valence electrons. The van der Waals surface area contributed by atoms with E-state index in [1.54, 1.807) is 19.0 Å². The molecular weight excluding hydrogens is 354 g/mol. The summed E-state index contributed by atoms with van der Waals surface area (Å²) in [7, 11) is 3.49. The second kappa shape index (κ2) is 12.2. The van der Waals surface area contributed by atoms with Crippen molar-refractivity contribution in [1.82, 2.24) is 20.4 Å². The van der Waals surface area contributed by atoms with Crippen molar-refractivity contribution in [3.05, 3.63) is 30.3 Å². The summed E-state index contributed by atoms with van der Waals surface area (Å²) in [5.74, 6) is 1.56. The van der Waals surface area contributed by atoms with Gasteiger partial charge in [0.25, 0.3) is 0 Å². The van der Waals surface area contributed by atoms with E-state index in [1.165, 1.54) is 19.4 Å². The van der Waals surface area contributed by atoms with E-state index in [0.29, 0.717) is 18.6 Å². The normalized spacial score (nSPS) is 17.4. The molecule has 1 heterocycles. The van der Waals surface area contributed by atoms with E-state index in [2.05, 4.69) is 27.4 Å². The molecule has 7 nitrogen and oxygen atoms in total. The fourth-order valence-electron chi connectivity index (χ4n) is 3.21. The van der Waals surface area contributed by atoms with E-state index >= 15 is 0 Å². The van der Waals surface area contributed by atoms with Gasteiger partial charge in [0.2, 0.25) is 5.91 Å². The Labute approximate surface area is 169 Å². The smallest absolute Gasteiger partial charge is 0.243 e. The van der Waals surface area contributed by atoms with Crippen molar-refractivity contribution in [2.45, 2.75) is 32.2 Å². The highest BCUT2D eigenvalue weighted by Gasteiger charge is 2.22. The van der Waals surface area contributed by atoms with Crippen LogP contribution >= 0.6 is 0 Å². The van der Waals surface area contributed by atoms with E-state index in [0.717, 1.165) is 31.8 Å². The Balaban J connectivity index is 1.78. The zero-order valence-corrected chi connectivity index (χ0v) is 17.5. The van der Waals surface area contributed by atoms with Gasteiger partial charge >= 0.3 is 0 Å². The Hall–Kier alpha value is -2.28. The second-order valence-corrected chi connectivity index (χ2v) is 7.20. The number of ether oxygens (including phenoxy) is 1. The lowest BCUT2D eigenvalue weighted by Gasteiger charge is -2.24. The van der Waals surface area contributed by atoms with Crippen molar-refractivity contribution in [2.75, 3.05) is 53.4 Å². The number of nitrogens with one attached hydrogen (secondary N) is 2. The first-order valence-corrected chi connectivity index (χ1v) is 10.2. The van der Waals surface area contributed by atoms with Crippen molar-refractivity contribution < 1.29 is 9.53 Å². The van der Waals surface area contributed by atoms with Gasteiger partial charge in [0.15, 0.2) is 5.96 Å². The topological polar surface area (TPSA) is 69.2 Å². The number of para-hydroxylation sites is 1. The van der Waals surface area contributed by atoms with Crippen molar-refractivity contribution in [2.24, 2.45) is 4.99 Å². The first-order valence-electron chi connectivity index (χ1n) is 10.2. The monoisotopic (exact) mass is 389 g/mol. The van der Waals surface area contributed by atoms with Crippen LogP contribution in [0, 0.1) is 0 Å². The molecule has 2 N–H and O–H groups in total. The number of guanidine groups is 1. The summed E-state index contributed by atoms with van der Waals surface area (Å²) < 4.78 is 5.72. The van der Waals surface area contributed by atoms with Crippen LogP contribution < -0.4 is 15.4 Å². The van der Waals surface area contributed by atoms with Crippen LogP contribution in [0.25, 0.3) is 0 Å². The summed E-state index contributed by atoms with van der Waals surface area (Å²) in [6.07, 6.45) is 3.30. The summed E-state index contributed by atoms with van der Waals surface area (Å²) >= 11 is 0. The lowest BCUT2D eigenvalue weighted by molar-refractivity contribution is -0.127. The van der Waals surface area contributed by atoms with Gasteiger partial charge in [0.1, 0.15) is 12.3 Å². The number of hydrogen-bond donors (Lipinski definition) is 2. The third kappa shape index (κ3) is 7.76. The Morgan fingerprint density at radius 3 is 2.79 bits per heavy atom. The van der Waals surface area contributed by atoms with Gasteiger partial charge in [-0.15, -0.1) is 0 Å². The molecule has 0 saturated carbocycles. The summed E-state index contributed by atoms with van der Waals surface area (Å²) in [5.41, 5.74) is 0. The average Bonchev–Trinajstić information content (AvgIpc) is 3.17. The van der Waals surface area contributed by atoms with Crippen molar-refractivity contribution in [3.8, 4) is 5.75 Å². The molecular formula is C21H35N5O2. The minimum Gasteiger partial charge on any atom is -0.494 e. The number of carbonyl (C=O) groups excluding carboxylic acids is 1. The molecule has 1 amide bonds. The third-order valence-electron chi connectivity index (χ3n) is 4.91. The van der Waals surface area contributed by atoms with Gasteiger partial charge in [-0.2, -0.15) is 0 Å². The highest BCUT2D eigenvalue weighted by atomic mass is 16.5. The van der Waals surface area contributed by atoms with Crippen LogP contribution in [0.4, 0.5) is 0 Å². The zero-order valence-electron chi connectivity index (χ0n) is 17.5. The predicted molar refractivity (Wildman–Crippen MR) is 114 cm³/mol. The standard InChI is InChI=1S/C21H35N5O2/c1-4-26-14-8-10-18(26)16-23-21(24-17-20(27)25(2)3)22-13-9-15-28-19-11-6-5-7-12-19/h5-7,11-12,18H,4,8-10,13-17H2,1-3H3,(H2,22,23,24). The highest BCUT2D eigenvalue weighted by molar-refractivity contribution is 5.84. The summed E-state index contributed by atoms with van der Waals surface area (Å²) in [6.45, 7) is 6.79. The van der Waals surface area contributed by atoms with Gasteiger partial charge in [-0.1, -0.05) is 25.1 Å². The molecule has 1 aliphatic heterocycles. The van der Waals surface area contributed by atoms with E-state index in [4.69, 9.17) is 4.74 Å². The molecule has 1 saturated heterocycles. The predicted octanol–water partition coefficient (Wildman–Crippen LogP) is 1.56. The first kappa shape index (κ1) is 22.0. The average molecular weight is 390 g/mol. The number of carbonyl (C=O) groups is 1. The molecule has 1 aromatic rings. The van der Waals surface area contributed by atoms with Gasteiger partial charge in [0, 0.05) is 33.2 Å². The molecule has 0 spiro atoms. The van der Waals surface area contributed by atoms with Crippen LogP contribution in [-0.2, 0) is 4.79 Å². The van der Waals surface area contributed by atoms with Gasteiger partial charge in [0.05, 0.1) is 6.61 Å². The Morgan fingerprint density at radius 1 is 1.29 bits per heavy atom. The van der Waals surface area contributed by atoms with Crippen LogP contribution in [0.3, 0.4) is 0 Å². The van der Waals surface area contributed by atoms with Crippen molar-refractivity contribution in [1.29, 1.82) is 0 Å². The molecule has 1 aliphatic rings. The Bertz CT molecular complexity index is 606. The minimum atomic E-state index is -0.00966. The number of aliphatic imine (C=N–C) groups is 1. The lowest BCUT2D eigenvalue weighted by atomic mass is 10.2. The van der Waals surface area contributed by atoms with Gasteiger partial charge < -0.3 is 20.3 Å². The molecule has 7 heteroatoms. The largest absolute Gasteiger partial charge is 0.494 e. The fourth-order valence-corrected chi connectivity index (χ4v) is 3.21. The van der Waals surface area contributed by atoms with Crippen LogP contribution in [0.1, 0.15) is 26.2 Å². The molecule has 0 aromatic heterocycles. The van der Waals surface area contributed by atoms with Crippen LogP contribution in [0.15, 0.2) is 35.3 Å². The minimum absolute atomic E-state index is 0.00966. The van der Waals surface area contributed by atoms with E-state index in [-0.39, 0.29) is 12.5 Å². The molecule has 1 unspecified atom stereocenters. The molecule has 0 radical (unpaired) electrons. The molecule has 1 atom stereocenters. The number of likely N-dealkylation sites (tertiary alicyclic amines) is 1. The number of amides is 1. The maximum Gasteiger partial charge on any atom is 0.243 e.